The maximum absolute atomic E-state index is 5.83. The quantitative estimate of drug-likeness (QED) is 0.724. The molecule has 1 aromatic heterocycles. The van der Waals surface area contributed by atoms with Crippen LogP contribution in [0.5, 0.6) is 11.5 Å². The first-order valence-corrected chi connectivity index (χ1v) is 6.55. The molecule has 21 heavy (non-hydrogen) atoms. The number of aromatic nitrogens is 1. The molecule has 4 nitrogen and oxygen atoms in total. The van der Waals surface area contributed by atoms with Gasteiger partial charge in [0.15, 0.2) is 5.76 Å². The van der Waals surface area contributed by atoms with Gasteiger partial charge in [-0.25, -0.2) is 4.98 Å². The van der Waals surface area contributed by atoms with E-state index in [2.05, 4.69) is 4.98 Å². The minimum absolute atomic E-state index is 0.562. The molecule has 0 bridgehead atoms. The van der Waals surface area contributed by atoms with Crippen LogP contribution in [0.2, 0.25) is 0 Å². The van der Waals surface area contributed by atoms with Crippen molar-refractivity contribution in [2.45, 2.75) is 0 Å². The summed E-state index contributed by atoms with van der Waals surface area (Å²) < 4.78 is 16.3. The molecule has 0 spiro atoms. The van der Waals surface area contributed by atoms with E-state index in [1.165, 1.54) is 0 Å². The Balaban J connectivity index is 1.95. The first kappa shape index (κ1) is 13.2. The van der Waals surface area contributed by atoms with Crippen LogP contribution < -0.4 is 9.47 Å². The smallest absolute Gasteiger partial charge is 0.226 e. The Kier molecular flexibility index (Phi) is 3.60. The van der Waals surface area contributed by atoms with Crippen molar-refractivity contribution in [3.63, 3.8) is 0 Å². The molecular formula is C17H15NO3. The molecule has 0 aliphatic rings. The van der Waals surface area contributed by atoms with Crippen molar-refractivity contribution in [3.8, 4) is 34.3 Å². The Bertz CT molecular complexity index is 687. The molecule has 3 aromatic rings. The van der Waals surface area contributed by atoms with Gasteiger partial charge in [-0.2, -0.15) is 0 Å². The van der Waals surface area contributed by atoms with Crippen molar-refractivity contribution in [2.75, 3.05) is 14.2 Å². The third-order valence-corrected chi connectivity index (χ3v) is 3.18. The van der Waals surface area contributed by atoms with Gasteiger partial charge in [-0.05, 0) is 30.3 Å². The highest BCUT2D eigenvalue weighted by atomic mass is 16.5. The number of nitrogens with zero attached hydrogens (tertiary/aromatic N) is 1. The first-order valence-electron chi connectivity index (χ1n) is 6.55. The van der Waals surface area contributed by atoms with Gasteiger partial charge in [0, 0.05) is 11.1 Å². The average molecular weight is 281 g/mol. The number of methoxy groups -OCH3 is 2. The monoisotopic (exact) mass is 281 g/mol. The van der Waals surface area contributed by atoms with E-state index in [0.717, 1.165) is 22.6 Å². The molecule has 0 atom stereocenters. The first-order chi connectivity index (χ1) is 10.3. The van der Waals surface area contributed by atoms with Crippen molar-refractivity contribution in [2.24, 2.45) is 0 Å². The molecule has 0 fully saturated rings. The zero-order valence-electron chi connectivity index (χ0n) is 11.9. The van der Waals surface area contributed by atoms with Gasteiger partial charge in [0.2, 0.25) is 5.89 Å². The highest BCUT2D eigenvalue weighted by Crippen LogP contribution is 2.29. The lowest BCUT2D eigenvalue weighted by Crippen LogP contribution is -1.83. The maximum atomic E-state index is 5.83. The van der Waals surface area contributed by atoms with Gasteiger partial charge in [-0.1, -0.05) is 18.2 Å². The van der Waals surface area contributed by atoms with Gasteiger partial charge in [0.25, 0.3) is 0 Å². The molecule has 4 heteroatoms. The molecule has 0 N–H and O–H groups in total. The third kappa shape index (κ3) is 2.74. The van der Waals surface area contributed by atoms with E-state index < -0.39 is 0 Å². The van der Waals surface area contributed by atoms with Crippen LogP contribution in [0.4, 0.5) is 0 Å². The van der Waals surface area contributed by atoms with E-state index >= 15 is 0 Å². The highest BCUT2D eigenvalue weighted by molar-refractivity contribution is 5.63. The Hall–Kier alpha value is -2.75. The minimum atomic E-state index is 0.562. The molecule has 0 saturated carbocycles. The average Bonchev–Trinajstić information content (AvgIpc) is 3.05. The maximum Gasteiger partial charge on any atom is 0.226 e. The van der Waals surface area contributed by atoms with E-state index in [0.29, 0.717) is 11.7 Å². The lowest BCUT2D eigenvalue weighted by molar-refractivity contribution is 0.414. The summed E-state index contributed by atoms with van der Waals surface area (Å²) in [5.74, 6) is 2.82. The van der Waals surface area contributed by atoms with Crippen molar-refractivity contribution in [1.82, 2.24) is 4.98 Å². The fourth-order valence-corrected chi connectivity index (χ4v) is 2.07. The van der Waals surface area contributed by atoms with Gasteiger partial charge in [-0.15, -0.1) is 0 Å². The molecule has 0 unspecified atom stereocenters. The summed E-state index contributed by atoms with van der Waals surface area (Å²) in [6.07, 6.45) is 1.71. The molecule has 0 aliphatic heterocycles. The van der Waals surface area contributed by atoms with Crippen LogP contribution in [0.15, 0.2) is 59.1 Å². The van der Waals surface area contributed by atoms with E-state index in [-0.39, 0.29) is 0 Å². The van der Waals surface area contributed by atoms with Crippen molar-refractivity contribution in [3.05, 3.63) is 54.7 Å². The van der Waals surface area contributed by atoms with E-state index in [1.54, 1.807) is 20.4 Å². The SMILES string of the molecule is COc1cccc(-c2cnc(-c3cccc(OC)c3)o2)c1. The summed E-state index contributed by atoms with van der Waals surface area (Å²) in [5.41, 5.74) is 1.81. The second kappa shape index (κ2) is 5.71. The fraction of sp³-hybridized carbons (Fsp3) is 0.118. The predicted octanol–water partition coefficient (Wildman–Crippen LogP) is 4.03. The van der Waals surface area contributed by atoms with Crippen molar-refractivity contribution in [1.29, 1.82) is 0 Å². The van der Waals surface area contributed by atoms with Gasteiger partial charge in [0.1, 0.15) is 11.5 Å². The summed E-state index contributed by atoms with van der Waals surface area (Å²) in [4.78, 5) is 4.33. The second-order valence-corrected chi connectivity index (χ2v) is 4.49. The Morgan fingerprint density at radius 3 is 2.14 bits per heavy atom. The van der Waals surface area contributed by atoms with Crippen molar-refractivity contribution >= 4 is 0 Å². The summed E-state index contributed by atoms with van der Waals surface area (Å²) >= 11 is 0. The second-order valence-electron chi connectivity index (χ2n) is 4.49. The number of benzene rings is 2. The Morgan fingerprint density at radius 1 is 0.857 bits per heavy atom. The zero-order chi connectivity index (χ0) is 14.7. The zero-order valence-corrected chi connectivity index (χ0v) is 11.9. The van der Waals surface area contributed by atoms with Crippen LogP contribution in [0.25, 0.3) is 22.8 Å². The van der Waals surface area contributed by atoms with Gasteiger partial charge in [-0.3, -0.25) is 0 Å². The number of oxazole rings is 1. The van der Waals surface area contributed by atoms with E-state index in [9.17, 15) is 0 Å². The normalized spacial score (nSPS) is 10.4. The Labute approximate surface area is 123 Å². The number of ether oxygens (including phenoxy) is 2. The van der Waals surface area contributed by atoms with Gasteiger partial charge in [0.05, 0.1) is 20.4 Å². The number of rotatable bonds is 4. The third-order valence-electron chi connectivity index (χ3n) is 3.18. The molecule has 106 valence electrons. The molecule has 0 amide bonds. The molecule has 0 saturated heterocycles. The largest absolute Gasteiger partial charge is 0.497 e. The number of hydrogen-bond acceptors (Lipinski definition) is 4. The van der Waals surface area contributed by atoms with Crippen molar-refractivity contribution < 1.29 is 13.9 Å². The topological polar surface area (TPSA) is 44.5 Å². The molecular weight excluding hydrogens is 266 g/mol. The van der Waals surface area contributed by atoms with E-state index in [1.807, 2.05) is 48.5 Å². The molecule has 0 aliphatic carbocycles. The fourth-order valence-electron chi connectivity index (χ4n) is 2.07. The summed E-state index contributed by atoms with van der Waals surface area (Å²) in [6, 6.07) is 15.3. The van der Waals surface area contributed by atoms with Gasteiger partial charge < -0.3 is 13.9 Å². The predicted molar refractivity (Wildman–Crippen MR) is 80.5 cm³/mol. The van der Waals surface area contributed by atoms with E-state index in [4.69, 9.17) is 13.9 Å². The van der Waals surface area contributed by atoms with Crippen LogP contribution in [0, 0.1) is 0 Å². The molecule has 2 aromatic carbocycles. The highest BCUT2D eigenvalue weighted by Gasteiger charge is 2.09. The van der Waals surface area contributed by atoms with Crippen LogP contribution in [-0.2, 0) is 0 Å². The van der Waals surface area contributed by atoms with Crippen LogP contribution in [0.3, 0.4) is 0 Å². The molecule has 0 radical (unpaired) electrons. The van der Waals surface area contributed by atoms with Crippen LogP contribution >= 0.6 is 0 Å². The summed E-state index contributed by atoms with van der Waals surface area (Å²) in [5, 5.41) is 0. The number of hydrogen-bond donors (Lipinski definition) is 0. The lowest BCUT2D eigenvalue weighted by atomic mass is 10.2. The summed E-state index contributed by atoms with van der Waals surface area (Å²) in [6.45, 7) is 0. The lowest BCUT2D eigenvalue weighted by Gasteiger charge is -2.02. The standard InChI is InChI=1S/C17H15NO3/c1-19-14-7-3-5-12(9-14)16-11-18-17(21-16)13-6-4-8-15(10-13)20-2/h3-11H,1-2H3. The van der Waals surface area contributed by atoms with Crippen LogP contribution in [0.1, 0.15) is 0 Å². The minimum Gasteiger partial charge on any atom is -0.497 e. The summed E-state index contributed by atoms with van der Waals surface area (Å²) in [7, 11) is 3.28. The van der Waals surface area contributed by atoms with Crippen LogP contribution in [-0.4, -0.2) is 19.2 Å². The van der Waals surface area contributed by atoms with Gasteiger partial charge >= 0.3 is 0 Å². The molecule has 1 heterocycles. The Morgan fingerprint density at radius 2 is 1.48 bits per heavy atom. The molecule has 3 rings (SSSR count).